The maximum Gasteiger partial charge on any atom is 0.0708 e. The van der Waals surface area contributed by atoms with E-state index in [0.717, 1.165) is 5.52 Å². The van der Waals surface area contributed by atoms with Crippen molar-refractivity contribution >= 4 is 21.7 Å². The Balaban J connectivity index is 0.000000853. The van der Waals surface area contributed by atoms with Gasteiger partial charge in [0.15, 0.2) is 0 Å². The maximum absolute atomic E-state index is 4.41. The molecule has 69 valence electrons. The van der Waals surface area contributed by atoms with Gasteiger partial charge in [-0.3, -0.25) is 4.98 Å². The van der Waals surface area contributed by atoms with Crippen LogP contribution in [0.1, 0.15) is 0 Å². The largest absolute Gasteiger partial charge is 0.256 e. The summed E-state index contributed by atoms with van der Waals surface area (Å²) in [5, 5.41) is 3.70. The van der Waals surface area contributed by atoms with E-state index >= 15 is 0 Å². The standard InChI is InChI=1S/C13H9N.Y/c1-2-6-11-10(5-1)9-14-13-8-4-3-7-12(11)13;/h1-9H;. The van der Waals surface area contributed by atoms with E-state index < -0.39 is 0 Å². The van der Waals surface area contributed by atoms with Crippen LogP contribution in [0.25, 0.3) is 21.7 Å². The zero-order valence-electron chi connectivity index (χ0n) is 8.22. The summed E-state index contributed by atoms with van der Waals surface area (Å²) in [6.07, 6.45) is 1.93. The van der Waals surface area contributed by atoms with Crippen molar-refractivity contribution in [3.8, 4) is 0 Å². The summed E-state index contributed by atoms with van der Waals surface area (Å²) in [6.45, 7) is 0. The van der Waals surface area contributed by atoms with Crippen LogP contribution in [-0.2, 0) is 32.7 Å². The molecule has 0 unspecified atom stereocenters. The van der Waals surface area contributed by atoms with Gasteiger partial charge in [0.25, 0.3) is 0 Å². The Hall–Kier alpha value is -0.786. The number of hydrogen-bond acceptors (Lipinski definition) is 1. The van der Waals surface area contributed by atoms with Gasteiger partial charge in [-0.25, -0.2) is 0 Å². The SMILES string of the molecule is [Y].c1ccc2c(c1)cnc1ccccc12. The van der Waals surface area contributed by atoms with Crippen LogP contribution in [-0.4, -0.2) is 4.98 Å². The maximum atomic E-state index is 4.41. The van der Waals surface area contributed by atoms with E-state index in [2.05, 4.69) is 35.3 Å². The predicted molar refractivity (Wildman–Crippen MR) is 59.2 cm³/mol. The molecule has 0 aliphatic carbocycles. The zero-order valence-corrected chi connectivity index (χ0v) is 11.1. The van der Waals surface area contributed by atoms with Crippen LogP contribution in [0.2, 0.25) is 0 Å². The van der Waals surface area contributed by atoms with Gasteiger partial charge in [0, 0.05) is 49.7 Å². The Morgan fingerprint density at radius 1 is 0.733 bits per heavy atom. The van der Waals surface area contributed by atoms with Gasteiger partial charge in [-0.05, 0) is 11.5 Å². The average molecular weight is 268 g/mol. The Labute approximate surface area is 113 Å². The van der Waals surface area contributed by atoms with E-state index in [1.54, 1.807) is 0 Å². The van der Waals surface area contributed by atoms with Crippen LogP contribution in [0.5, 0.6) is 0 Å². The molecule has 0 saturated carbocycles. The quantitative estimate of drug-likeness (QED) is 0.569. The molecular weight excluding hydrogens is 259 g/mol. The third-order valence-corrected chi connectivity index (χ3v) is 2.50. The summed E-state index contributed by atoms with van der Waals surface area (Å²) in [4.78, 5) is 4.41. The normalized spacial score (nSPS) is 10.1. The van der Waals surface area contributed by atoms with Crippen molar-refractivity contribution in [2.75, 3.05) is 0 Å². The molecule has 0 aliphatic heterocycles. The summed E-state index contributed by atoms with van der Waals surface area (Å²) in [5.74, 6) is 0. The number of aromatic nitrogens is 1. The van der Waals surface area contributed by atoms with Crippen LogP contribution in [0, 0.1) is 0 Å². The minimum absolute atomic E-state index is 0. The second kappa shape index (κ2) is 4.38. The van der Waals surface area contributed by atoms with E-state index in [4.69, 9.17) is 0 Å². The summed E-state index contributed by atoms with van der Waals surface area (Å²) in [7, 11) is 0. The number of benzene rings is 2. The van der Waals surface area contributed by atoms with Crippen molar-refractivity contribution in [1.29, 1.82) is 0 Å². The molecule has 1 heterocycles. The van der Waals surface area contributed by atoms with E-state index in [0.29, 0.717) is 0 Å². The van der Waals surface area contributed by atoms with Gasteiger partial charge in [0.05, 0.1) is 5.52 Å². The first kappa shape index (κ1) is 10.7. The van der Waals surface area contributed by atoms with E-state index in [1.807, 2.05) is 24.4 Å². The van der Waals surface area contributed by atoms with Crippen LogP contribution < -0.4 is 0 Å². The van der Waals surface area contributed by atoms with Crippen molar-refractivity contribution in [3.05, 3.63) is 54.7 Å². The monoisotopic (exact) mass is 268 g/mol. The molecule has 3 aromatic rings. The molecular formula is C13H9NY. The van der Waals surface area contributed by atoms with Crippen LogP contribution in [0.15, 0.2) is 54.7 Å². The van der Waals surface area contributed by atoms with Gasteiger partial charge < -0.3 is 0 Å². The van der Waals surface area contributed by atoms with Crippen molar-refractivity contribution < 1.29 is 32.7 Å². The number of fused-ring (bicyclic) bond motifs is 3. The summed E-state index contributed by atoms with van der Waals surface area (Å²) < 4.78 is 0. The van der Waals surface area contributed by atoms with Crippen molar-refractivity contribution in [1.82, 2.24) is 4.98 Å². The second-order valence-corrected chi connectivity index (χ2v) is 3.36. The Bertz CT molecular complexity index is 550. The van der Waals surface area contributed by atoms with Gasteiger partial charge in [-0.1, -0.05) is 42.5 Å². The first-order valence-electron chi connectivity index (χ1n) is 4.68. The number of pyridine rings is 1. The zero-order chi connectivity index (χ0) is 9.38. The van der Waals surface area contributed by atoms with Crippen molar-refractivity contribution in [2.24, 2.45) is 0 Å². The molecule has 0 N–H and O–H groups in total. The van der Waals surface area contributed by atoms with Crippen molar-refractivity contribution in [3.63, 3.8) is 0 Å². The third-order valence-electron chi connectivity index (χ3n) is 2.50. The molecule has 0 fully saturated rings. The van der Waals surface area contributed by atoms with E-state index in [-0.39, 0.29) is 32.7 Å². The van der Waals surface area contributed by atoms with Crippen LogP contribution in [0.3, 0.4) is 0 Å². The molecule has 0 aliphatic rings. The third kappa shape index (κ3) is 1.82. The fourth-order valence-electron chi connectivity index (χ4n) is 1.81. The predicted octanol–water partition coefficient (Wildman–Crippen LogP) is 3.39. The minimum Gasteiger partial charge on any atom is -0.256 e. The molecule has 1 nitrogen and oxygen atoms in total. The average Bonchev–Trinajstić information content (AvgIpc) is 2.29. The molecule has 1 radical (unpaired) electrons. The van der Waals surface area contributed by atoms with Gasteiger partial charge >= 0.3 is 0 Å². The molecule has 2 aromatic carbocycles. The van der Waals surface area contributed by atoms with E-state index in [9.17, 15) is 0 Å². The molecule has 3 rings (SSSR count). The summed E-state index contributed by atoms with van der Waals surface area (Å²) in [6, 6.07) is 16.6. The first-order chi connectivity index (χ1) is 6.95. The minimum atomic E-state index is 0. The number of rotatable bonds is 0. The molecule has 0 amide bonds. The number of hydrogen-bond donors (Lipinski definition) is 0. The van der Waals surface area contributed by atoms with Crippen LogP contribution in [0.4, 0.5) is 0 Å². The molecule has 0 spiro atoms. The summed E-state index contributed by atoms with van der Waals surface area (Å²) >= 11 is 0. The van der Waals surface area contributed by atoms with E-state index in [1.165, 1.54) is 16.2 Å². The van der Waals surface area contributed by atoms with Gasteiger partial charge in [0.2, 0.25) is 0 Å². The summed E-state index contributed by atoms with van der Waals surface area (Å²) in [5.41, 5.74) is 1.06. The number of nitrogens with zero attached hydrogens (tertiary/aromatic N) is 1. The molecule has 2 heteroatoms. The Morgan fingerprint density at radius 2 is 1.40 bits per heavy atom. The first-order valence-corrected chi connectivity index (χ1v) is 4.68. The molecule has 15 heavy (non-hydrogen) atoms. The van der Waals surface area contributed by atoms with Crippen molar-refractivity contribution in [2.45, 2.75) is 0 Å². The topological polar surface area (TPSA) is 12.9 Å². The van der Waals surface area contributed by atoms with Gasteiger partial charge in [0.1, 0.15) is 0 Å². The second-order valence-electron chi connectivity index (χ2n) is 3.36. The molecule has 0 atom stereocenters. The Morgan fingerprint density at radius 3 is 2.27 bits per heavy atom. The molecule has 0 saturated heterocycles. The fraction of sp³-hybridized carbons (Fsp3) is 0. The molecule has 1 aromatic heterocycles. The Kier molecular flexibility index (Phi) is 3.13. The van der Waals surface area contributed by atoms with Gasteiger partial charge in [-0.15, -0.1) is 0 Å². The number of para-hydroxylation sites is 1. The smallest absolute Gasteiger partial charge is 0.0708 e. The molecule has 0 bridgehead atoms. The van der Waals surface area contributed by atoms with Crippen LogP contribution >= 0.6 is 0 Å². The van der Waals surface area contributed by atoms with Gasteiger partial charge in [-0.2, -0.15) is 0 Å². The fourth-order valence-corrected chi connectivity index (χ4v) is 1.81.